The second-order valence-corrected chi connectivity index (χ2v) is 9.05. The van der Waals surface area contributed by atoms with Crippen LogP contribution in [0.25, 0.3) is 11.5 Å². The third-order valence-electron chi connectivity index (χ3n) is 4.51. The number of thiophene rings is 1. The van der Waals surface area contributed by atoms with Gasteiger partial charge in [-0.3, -0.25) is 0 Å². The Balaban J connectivity index is 1.54. The molecule has 11 heteroatoms. The van der Waals surface area contributed by atoms with Gasteiger partial charge in [-0.15, -0.1) is 10.2 Å². The van der Waals surface area contributed by atoms with E-state index in [4.69, 9.17) is 4.42 Å². The number of aromatic nitrogens is 2. The number of alkyl halides is 3. The van der Waals surface area contributed by atoms with E-state index in [0.717, 1.165) is 22.0 Å². The summed E-state index contributed by atoms with van der Waals surface area (Å²) in [6.07, 6.45) is -4.16. The summed E-state index contributed by atoms with van der Waals surface area (Å²) in [7, 11) is -4.05. The van der Waals surface area contributed by atoms with Crippen molar-refractivity contribution in [2.45, 2.75) is 23.4 Å². The Labute approximate surface area is 162 Å². The highest BCUT2D eigenvalue weighted by molar-refractivity contribution is 7.89. The van der Waals surface area contributed by atoms with Crippen LogP contribution in [0.15, 0.2) is 50.4 Å². The first kappa shape index (κ1) is 19.1. The molecule has 0 spiro atoms. The van der Waals surface area contributed by atoms with Crippen molar-refractivity contribution >= 4 is 21.4 Å². The lowest BCUT2D eigenvalue weighted by Crippen LogP contribution is -2.29. The van der Waals surface area contributed by atoms with E-state index in [2.05, 4.69) is 10.2 Å². The Morgan fingerprint density at radius 2 is 2.04 bits per heavy atom. The largest absolute Gasteiger partial charge is 0.420 e. The normalized spacial score (nSPS) is 18.6. The number of benzene rings is 1. The van der Waals surface area contributed by atoms with Crippen molar-refractivity contribution in [3.8, 4) is 11.5 Å². The maximum Gasteiger partial charge on any atom is 0.416 e. The highest BCUT2D eigenvalue weighted by atomic mass is 32.2. The third kappa shape index (κ3) is 3.56. The minimum absolute atomic E-state index is 0.0733. The van der Waals surface area contributed by atoms with Gasteiger partial charge >= 0.3 is 6.18 Å². The summed E-state index contributed by atoms with van der Waals surface area (Å²) < 4.78 is 71.1. The molecule has 28 heavy (non-hydrogen) atoms. The number of nitrogens with zero attached hydrogens (tertiary/aromatic N) is 3. The standard InChI is InChI=1S/C17H14F3N3O3S2/c18-17(19,20)13-2-1-3-14(8-13)28(24,25)23-6-4-11(9-23)15-21-22-16(26-15)12-5-7-27-10-12/h1-3,5,7-8,10-11H,4,6,9H2. The van der Waals surface area contributed by atoms with Crippen LogP contribution >= 0.6 is 11.3 Å². The number of sulfonamides is 1. The summed E-state index contributed by atoms with van der Waals surface area (Å²) in [6, 6.07) is 5.59. The fraction of sp³-hybridized carbons (Fsp3) is 0.294. The van der Waals surface area contributed by atoms with E-state index in [-0.39, 0.29) is 23.9 Å². The van der Waals surface area contributed by atoms with Crippen molar-refractivity contribution in [1.82, 2.24) is 14.5 Å². The van der Waals surface area contributed by atoms with Gasteiger partial charge in [-0.25, -0.2) is 8.42 Å². The van der Waals surface area contributed by atoms with Crippen molar-refractivity contribution in [2.24, 2.45) is 0 Å². The molecule has 1 saturated heterocycles. The second-order valence-electron chi connectivity index (χ2n) is 6.33. The van der Waals surface area contributed by atoms with Crippen molar-refractivity contribution < 1.29 is 26.0 Å². The molecule has 0 radical (unpaired) electrons. The van der Waals surface area contributed by atoms with Crippen LogP contribution in [-0.2, 0) is 16.2 Å². The van der Waals surface area contributed by atoms with Crippen LogP contribution in [-0.4, -0.2) is 36.0 Å². The topological polar surface area (TPSA) is 76.3 Å². The van der Waals surface area contributed by atoms with E-state index in [9.17, 15) is 21.6 Å². The molecular formula is C17H14F3N3O3S2. The molecule has 2 aromatic heterocycles. The van der Waals surface area contributed by atoms with Crippen LogP contribution in [0.4, 0.5) is 13.2 Å². The molecule has 0 N–H and O–H groups in total. The molecule has 0 bridgehead atoms. The van der Waals surface area contributed by atoms with Crippen LogP contribution in [0.2, 0.25) is 0 Å². The summed E-state index contributed by atoms with van der Waals surface area (Å²) in [6.45, 7) is 0.239. The van der Waals surface area contributed by atoms with Gasteiger partial charge in [0.25, 0.3) is 0 Å². The average Bonchev–Trinajstić information content (AvgIpc) is 3.40. The van der Waals surface area contributed by atoms with Gasteiger partial charge in [-0.2, -0.15) is 28.8 Å². The Bertz CT molecular complexity index is 1080. The molecule has 1 aromatic carbocycles. The van der Waals surface area contributed by atoms with Crippen LogP contribution < -0.4 is 0 Å². The Morgan fingerprint density at radius 1 is 1.21 bits per heavy atom. The molecule has 1 aliphatic heterocycles. The maximum atomic E-state index is 12.9. The molecular weight excluding hydrogens is 415 g/mol. The van der Waals surface area contributed by atoms with E-state index in [0.29, 0.717) is 24.3 Å². The van der Waals surface area contributed by atoms with Crippen molar-refractivity contribution in [1.29, 1.82) is 0 Å². The van der Waals surface area contributed by atoms with E-state index in [1.54, 1.807) is 0 Å². The highest BCUT2D eigenvalue weighted by Crippen LogP contribution is 2.34. The zero-order chi connectivity index (χ0) is 19.9. The first-order valence-corrected chi connectivity index (χ1v) is 10.7. The first-order chi connectivity index (χ1) is 13.2. The summed E-state index contributed by atoms with van der Waals surface area (Å²) in [5.74, 6) is 0.374. The monoisotopic (exact) mass is 429 g/mol. The predicted molar refractivity (Wildman–Crippen MR) is 95.2 cm³/mol. The van der Waals surface area contributed by atoms with E-state index in [1.165, 1.54) is 17.4 Å². The number of hydrogen-bond donors (Lipinski definition) is 0. The molecule has 3 aromatic rings. The summed E-state index contributed by atoms with van der Waals surface area (Å²) in [5, 5.41) is 11.7. The average molecular weight is 429 g/mol. The SMILES string of the molecule is O=S(=O)(c1cccc(C(F)(F)F)c1)N1CCC(c2nnc(-c3ccsc3)o2)C1. The lowest BCUT2D eigenvalue weighted by Gasteiger charge is -2.17. The van der Waals surface area contributed by atoms with Crippen molar-refractivity contribution in [3.05, 3.63) is 52.5 Å². The van der Waals surface area contributed by atoms with Gasteiger partial charge in [0.2, 0.25) is 21.8 Å². The summed E-state index contributed by atoms with van der Waals surface area (Å²) >= 11 is 1.48. The Kier molecular flexibility index (Phi) is 4.76. The molecule has 0 saturated carbocycles. The van der Waals surface area contributed by atoms with Crippen LogP contribution in [0.1, 0.15) is 23.8 Å². The minimum Gasteiger partial charge on any atom is -0.420 e. The van der Waals surface area contributed by atoms with E-state index >= 15 is 0 Å². The van der Waals surface area contributed by atoms with Crippen molar-refractivity contribution in [3.63, 3.8) is 0 Å². The molecule has 1 unspecified atom stereocenters. The number of rotatable bonds is 4. The van der Waals surface area contributed by atoms with E-state index in [1.807, 2.05) is 16.8 Å². The molecule has 1 fully saturated rings. The van der Waals surface area contributed by atoms with Gasteiger partial charge in [0.05, 0.1) is 16.4 Å². The van der Waals surface area contributed by atoms with Crippen LogP contribution in [0, 0.1) is 0 Å². The molecule has 0 aliphatic carbocycles. The van der Waals surface area contributed by atoms with Gasteiger partial charge in [0, 0.05) is 24.0 Å². The first-order valence-electron chi connectivity index (χ1n) is 8.28. The highest BCUT2D eigenvalue weighted by Gasteiger charge is 2.37. The lowest BCUT2D eigenvalue weighted by molar-refractivity contribution is -0.137. The molecule has 1 atom stereocenters. The molecule has 0 amide bonds. The number of halogens is 3. The zero-order valence-corrected chi connectivity index (χ0v) is 15.9. The maximum absolute atomic E-state index is 12.9. The predicted octanol–water partition coefficient (Wildman–Crippen LogP) is 4.00. The third-order valence-corrected chi connectivity index (χ3v) is 7.05. The molecule has 4 rings (SSSR count). The van der Waals surface area contributed by atoms with Crippen LogP contribution in [0.5, 0.6) is 0 Å². The molecule has 148 valence electrons. The Hall–Kier alpha value is -2.24. The minimum atomic E-state index is -4.61. The second kappa shape index (κ2) is 6.98. The lowest BCUT2D eigenvalue weighted by atomic mass is 10.1. The summed E-state index contributed by atoms with van der Waals surface area (Å²) in [5.41, 5.74) is -0.211. The van der Waals surface area contributed by atoms with Gasteiger partial charge in [0.15, 0.2) is 0 Å². The molecule has 6 nitrogen and oxygen atoms in total. The fourth-order valence-corrected chi connectivity index (χ4v) is 5.21. The van der Waals surface area contributed by atoms with Crippen molar-refractivity contribution in [2.75, 3.05) is 13.1 Å². The van der Waals surface area contributed by atoms with Gasteiger partial charge in [-0.05, 0) is 36.1 Å². The number of hydrogen-bond acceptors (Lipinski definition) is 6. The quantitative estimate of drug-likeness (QED) is 0.627. The smallest absolute Gasteiger partial charge is 0.416 e. The molecule has 3 heterocycles. The summed E-state index contributed by atoms with van der Waals surface area (Å²) in [4.78, 5) is -0.382. The Morgan fingerprint density at radius 3 is 2.75 bits per heavy atom. The van der Waals surface area contributed by atoms with Gasteiger partial charge < -0.3 is 4.42 Å². The van der Waals surface area contributed by atoms with Crippen LogP contribution in [0.3, 0.4) is 0 Å². The fourth-order valence-electron chi connectivity index (χ4n) is 3.03. The zero-order valence-electron chi connectivity index (χ0n) is 14.3. The van der Waals surface area contributed by atoms with E-state index < -0.39 is 21.8 Å². The van der Waals surface area contributed by atoms with Gasteiger partial charge in [0.1, 0.15) is 0 Å². The van der Waals surface area contributed by atoms with Gasteiger partial charge in [-0.1, -0.05) is 6.07 Å². The molecule has 1 aliphatic rings.